The molecule has 2 aromatic carbocycles. The standard InChI is InChI=1S/C21H18N4O/c1-2-6-16(7-3-1)15-26-18-9-10-20-19(12-18)17(13-23-20)14-24-25-21-8-4-5-11-22-21/h1-14,23H,15H2,(H,22,25)/b24-14+. The van der Waals surface area contributed by atoms with Gasteiger partial charge in [0.25, 0.3) is 0 Å². The molecular weight excluding hydrogens is 324 g/mol. The molecule has 26 heavy (non-hydrogen) atoms. The van der Waals surface area contributed by atoms with Gasteiger partial charge in [0.15, 0.2) is 0 Å². The van der Waals surface area contributed by atoms with Crippen molar-refractivity contribution in [3.8, 4) is 5.75 Å². The topological polar surface area (TPSA) is 62.3 Å². The molecule has 0 aliphatic rings. The molecular formula is C21H18N4O. The average Bonchev–Trinajstić information content (AvgIpc) is 3.10. The molecule has 4 rings (SSSR count). The van der Waals surface area contributed by atoms with E-state index in [4.69, 9.17) is 4.74 Å². The molecule has 0 spiro atoms. The highest BCUT2D eigenvalue weighted by Crippen LogP contribution is 2.23. The number of anilines is 1. The van der Waals surface area contributed by atoms with Gasteiger partial charge < -0.3 is 9.72 Å². The van der Waals surface area contributed by atoms with Crippen LogP contribution in [-0.4, -0.2) is 16.2 Å². The lowest BCUT2D eigenvalue weighted by atomic mass is 10.2. The fraction of sp³-hybridized carbons (Fsp3) is 0.0476. The summed E-state index contributed by atoms with van der Waals surface area (Å²) in [5.74, 6) is 1.53. The Bertz CT molecular complexity index is 1010. The highest BCUT2D eigenvalue weighted by molar-refractivity contribution is 5.99. The minimum absolute atomic E-state index is 0.543. The van der Waals surface area contributed by atoms with Gasteiger partial charge in [0, 0.05) is 28.9 Å². The number of hydrazone groups is 1. The lowest BCUT2D eigenvalue weighted by Gasteiger charge is -2.06. The zero-order valence-corrected chi connectivity index (χ0v) is 14.1. The first-order valence-electron chi connectivity index (χ1n) is 8.36. The molecule has 0 fully saturated rings. The average molecular weight is 342 g/mol. The Hall–Kier alpha value is -3.60. The first-order valence-corrected chi connectivity index (χ1v) is 8.36. The zero-order valence-electron chi connectivity index (χ0n) is 14.1. The van der Waals surface area contributed by atoms with Crippen LogP contribution in [0.15, 0.2) is 84.2 Å². The maximum Gasteiger partial charge on any atom is 0.146 e. The van der Waals surface area contributed by atoms with Gasteiger partial charge in [-0.3, -0.25) is 5.43 Å². The summed E-state index contributed by atoms with van der Waals surface area (Å²) in [4.78, 5) is 7.42. The summed E-state index contributed by atoms with van der Waals surface area (Å²) in [6.45, 7) is 0.543. The van der Waals surface area contributed by atoms with Gasteiger partial charge in [0.2, 0.25) is 0 Å². The number of hydrogen-bond acceptors (Lipinski definition) is 4. The van der Waals surface area contributed by atoms with Gasteiger partial charge in [-0.05, 0) is 35.9 Å². The smallest absolute Gasteiger partial charge is 0.146 e. The van der Waals surface area contributed by atoms with Crippen molar-refractivity contribution in [2.45, 2.75) is 6.61 Å². The maximum absolute atomic E-state index is 5.91. The van der Waals surface area contributed by atoms with Crippen LogP contribution < -0.4 is 10.2 Å². The summed E-state index contributed by atoms with van der Waals surface area (Å²) in [5.41, 5.74) is 6.08. The number of ether oxygens (including phenoxy) is 1. The Morgan fingerprint density at radius 2 is 1.92 bits per heavy atom. The van der Waals surface area contributed by atoms with E-state index in [1.807, 2.05) is 60.8 Å². The summed E-state index contributed by atoms with van der Waals surface area (Å²) < 4.78 is 5.91. The van der Waals surface area contributed by atoms with Gasteiger partial charge in [-0.15, -0.1) is 0 Å². The summed E-state index contributed by atoms with van der Waals surface area (Å²) in [6.07, 6.45) is 5.42. The van der Waals surface area contributed by atoms with Gasteiger partial charge in [-0.2, -0.15) is 5.10 Å². The van der Waals surface area contributed by atoms with Crippen LogP contribution in [0.5, 0.6) is 5.75 Å². The molecule has 5 nitrogen and oxygen atoms in total. The van der Waals surface area contributed by atoms with Crippen molar-refractivity contribution in [1.82, 2.24) is 9.97 Å². The number of hydrogen-bond donors (Lipinski definition) is 2. The van der Waals surface area contributed by atoms with Crippen LogP contribution in [-0.2, 0) is 6.61 Å². The number of H-pyrrole nitrogens is 1. The molecule has 0 saturated heterocycles. The van der Waals surface area contributed by atoms with E-state index in [0.717, 1.165) is 27.8 Å². The number of fused-ring (bicyclic) bond motifs is 1. The summed E-state index contributed by atoms with van der Waals surface area (Å²) in [7, 11) is 0. The molecule has 128 valence electrons. The number of pyridine rings is 1. The van der Waals surface area contributed by atoms with Crippen LogP contribution in [0.3, 0.4) is 0 Å². The normalized spacial score (nSPS) is 11.1. The summed E-state index contributed by atoms with van der Waals surface area (Å²) in [6, 6.07) is 21.8. The molecule has 0 amide bonds. The van der Waals surface area contributed by atoms with Crippen molar-refractivity contribution in [3.05, 3.63) is 90.3 Å². The molecule has 0 atom stereocenters. The SMILES string of the molecule is C(=N\Nc1ccccn1)/c1c[nH]c2ccc(OCc3ccccc3)cc12. The third-order valence-electron chi connectivity index (χ3n) is 3.98. The fourth-order valence-electron chi connectivity index (χ4n) is 2.66. The lowest BCUT2D eigenvalue weighted by Crippen LogP contribution is -1.95. The zero-order chi connectivity index (χ0) is 17.6. The number of aromatic nitrogens is 2. The molecule has 2 heterocycles. The second-order valence-electron chi connectivity index (χ2n) is 5.81. The van der Waals surface area contributed by atoms with Crippen LogP contribution in [0.4, 0.5) is 5.82 Å². The Balaban J connectivity index is 1.49. The van der Waals surface area contributed by atoms with Crippen molar-refractivity contribution in [2.75, 3.05) is 5.43 Å². The monoisotopic (exact) mass is 342 g/mol. The Morgan fingerprint density at radius 3 is 2.77 bits per heavy atom. The predicted octanol–water partition coefficient (Wildman–Crippen LogP) is 4.59. The van der Waals surface area contributed by atoms with Gasteiger partial charge in [-0.1, -0.05) is 36.4 Å². The largest absolute Gasteiger partial charge is 0.489 e. The second kappa shape index (κ2) is 7.53. The Kier molecular flexibility index (Phi) is 4.60. The molecule has 0 aliphatic heterocycles. The molecule has 2 N–H and O–H groups in total. The van der Waals surface area contributed by atoms with Crippen molar-refractivity contribution in [3.63, 3.8) is 0 Å². The minimum Gasteiger partial charge on any atom is -0.489 e. The molecule has 5 heteroatoms. The van der Waals surface area contributed by atoms with Gasteiger partial charge in [-0.25, -0.2) is 4.98 Å². The van der Waals surface area contributed by atoms with Gasteiger partial charge in [0.1, 0.15) is 18.2 Å². The van der Waals surface area contributed by atoms with Crippen LogP contribution in [0.2, 0.25) is 0 Å². The Labute approximate surface area is 151 Å². The number of aromatic amines is 1. The number of rotatable bonds is 6. The van der Waals surface area contributed by atoms with E-state index in [-0.39, 0.29) is 0 Å². The van der Waals surface area contributed by atoms with Crippen LogP contribution in [0, 0.1) is 0 Å². The number of benzene rings is 2. The van der Waals surface area contributed by atoms with E-state index in [9.17, 15) is 0 Å². The summed E-state index contributed by atoms with van der Waals surface area (Å²) >= 11 is 0. The van der Waals surface area contributed by atoms with Crippen LogP contribution in [0.1, 0.15) is 11.1 Å². The van der Waals surface area contributed by atoms with Crippen LogP contribution >= 0.6 is 0 Å². The molecule has 2 aromatic heterocycles. The first-order chi connectivity index (χ1) is 12.9. The number of nitrogens with zero attached hydrogens (tertiary/aromatic N) is 2. The third-order valence-corrected chi connectivity index (χ3v) is 3.98. The van der Waals surface area contributed by atoms with E-state index in [2.05, 4.69) is 32.6 Å². The fourth-order valence-corrected chi connectivity index (χ4v) is 2.66. The molecule has 0 aliphatic carbocycles. The van der Waals surface area contributed by atoms with Gasteiger partial charge in [0.05, 0.1) is 6.21 Å². The maximum atomic E-state index is 5.91. The molecule has 0 unspecified atom stereocenters. The first kappa shape index (κ1) is 15.9. The van der Waals surface area contributed by atoms with E-state index in [1.165, 1.54) is 0 Å². The van der Waals surface area contributed by atoms with Crippen molar-refractivity contribution < 1.29 is 4.74 Å². The van der Waals surface area contributed by atoms with E-state index in [1.54, 1.807) is 12.4 Å². The Morgan fingerprint density at radius 1 is 1.04 bits per heavy atom. The van der Waals surface area contributed by atoms with Gasteiger partial charge >= 0.3 is 0 Å². The van der Waals surface area contributed by atoms with E-state index < -0.39 is 0 Å². The van der Waals surface area contributed by atoms with Crippen molar-refractivity contribution >= 4 is 22.9 Å². The molecule has 0 radical (unpaired) electrons. The molecule has 4 aromatic rings. The predicted molar refractivity (Wildman–Crippen MR) is 105 cm³/mol. The van der Waals surface area contributed by atoms with Crippen molar-refractivity contribution in [2.24, 2.45) is 5.10 Å². The van der Waals surface area contributed by atoms with E-state index in [0.29, 0.717) is 12.4 Å². The highest BCUT2D eigenvalue weighted by atomic mass is 16.5. The highest BCUT2D eigenvalue weighted by Gasteiger charge is 2.04. The third kappa shape index (κ3) is 3.72. The van der Waals surface area contributed by atoms with E-state index >= 15 is 0 Å². The minimum atomic E-state index is 0.543. The second-order valence-corrected chi connectivity index (χ2v) is 5.81. The number of nitrogens with one attached hydrogen (secondary N) is 2. The molecule has 0 bridgehead atoms. The van der Waals surface area contributed by atoms with Crippen LogP contribution in [0.25, 0.3) is 10.9 Å². The van der Waals surface area contributed by atoms with Crippen molar-refractivity contribution in [1.29, 1.82) is 0 Å². The lowest BCUT2D eigenvalue weighted by molar-refractivity contribution is 0.306. The summed E-state index contributed by atoms with van der Waals surface area (Å²) in [5, 5.41) is 5.32. The molecule has 0 saturated carbocycles. The quantitative estimate of drug-likeness (QED) is 0.398.